The molecule has 0 unspecified atom stereocenters. The second kappa shape index (κ2) is 8.08. The van der Waals surface area contributed by atoms with Crippen molar-refractivity contribution in [2.24, 2.45) is 11.8 Å². The first-order valence-corrected chi connectivity index (χ1v) is 6.89. The van der Waals surface area contributed by atoms with Gasteiger partial charge in [-0.1, -0.05) is 41.5 Å². The van der Waals surface area contributed by atoms with Crippen LogP contribution in [0.2, 0.25) is 0 Å². The largest absolute Gasteiger partial charge is 0.372 e. The van der Waals surface area contributed by atoms with E-state index in [1.54, 1.807) is 0 Å². The minimum atomic E-state index is 0.262. The molecule has 16 heavy (non-hydrogen) atoms. The van der Waals surface area contributed by atoms with Gasteiger partial charge in [-0.05, 0) is 24.7 Å². The quantitative estimate of drug-likeness (QED) is 0.687. The standard InChI is InChI=1S/C8H15NO.C4H10.C2H6/c1-7-4-8(5-7)6-9-2-3-10-8;1-4(2)3;1-2/h7,9H,2-6H2,1H3;4H,1-3H3;1-2H3. The minimum absolute atomic E-state index is 0.262. The molecule has 0 amide bonds. The van der Waals surface area contributed by atoms with Crippen molar-refractivity contribution in [3.63, 3.8) is 0 Å². The van der Waals surface area contributed by atoms with Crippen LogP contribution < -0.4 is 5.32 Å². The predicted octanol–water partition coefficient (Wildman–Crippen LogP) is 3.46. The molecule has 1 saturated heterocycles. The Labute approximate surface area is 102 Å². The first kappa shape index (κ1) is 15.9. The van der Waals surface area contributed by atoms with Gasteiger partial charge in [0.15, 0.2) is 0 Å². The zero-order valence-electron chi connectivity index (χ0n) is 12.1. The highest BCUT2D eigenvalue weighted by Crippen LogP contribution is 2.40. The van der Waals surface area contributed by atoms with E-state index in [4.69, 9.17) is 4.74 Å². The third kappa shape index (κ3) is 5.86. The molecule has 0 radical (unpaired) electrons. The molecule has 0 bridgehead atoms. The van der Waals surface area contributed by atoms with Gasteiger partial charge in [0.25, 0.3) is 0 Å². The van der Waals surface area contributed by atoms with Gasteiger partial charge in [0.2, 0.25) is 0 Å². The van der Waals surface area contributed by atoms with E-state index in [1.165, 1.54) is 12.8 Å². The van der Waals surface area contributed by atoms with Crippen molar-refractivity contribution in [1.29, 1.82) is 0 Å². The van der Waals surface area contributed by atoms with Gasteiger partial charge in [-0.15, -0.1) is 0 Å². The molecule has 0 aromatic rings. The Morgan fingerprint density at radius 3 is 2.00 bits per heavy atom. The number of ether oxygens (including phenoxy) is 1. The number of hydrogen-bond acceptors (Lipinski definition) is 2. The number of morpholine rings is 1. The van der Waals surface area contributed by atoms with Crippen LogP contribution in [-0.2, 0) is 4.74 Å². The lowest BCUT2D eigenvalue weighted by molar-refractivity contribution is -0.138. The van der Waals surface area contributed by atoms with E-state index >= 15 is 0 Å². The molecule has 1 saturated carbocycles. The van der Waals surface area contributed by atoms with Crippen molar-refractivity contribution in [2.75, 3.05) is 19.7 Å². The van der Waals surface area contributed by atoms with Crippen molar-refractivity contribution in [3.05, 3.63) is 0 Å². The first-order valence-electron chi connectivity index (χ1n) is 6.89. The Balaban J connectivity index is 0.000000323. The van der Waals surface area contributed by atoms with Crippen LogP contribution in [-0.4, -0.2) is 25.3 Å². The van der Waals surface area contributed by atoms with Crippen LogP contribution in [0.5, 0.6) is 0 Å². The number of nitrogens with one attached hydrogen (secondary N) is 1. The summed E-state index contributed by atoms with van der Waals surface area (Å²) in [5.74, 6) is 1.72. The normalized spacial score (nSPS) is 32.1. The monoisotopic (exact) mass is 229 g/mol. The highest BCUT2D eigenvalue weighted by Gasteiger charge is 2.43. The second-order valence-electron chi connectivity index (χ2n) is 5.45. The van der Waals surface area contributed by atoms with Crippen LogP contribution in [0.3, 0.4) is 0 Å². The van der Waals surface area contributed by atoms with E-state index in [-0.39, 0.29) is 5.60 Å². The molecule has 0 aromatic carbocycles. The van der Waals surface area contributed by atoms with E-state index in [0.717, 1.165) is 31.5 Å². The third-order valence-corrected chi connectivity index (χ3v) is 2.58. The summed E-state index contributed by atoms with van der Waals surface area (Å²) in [7, 11) is 0. The zero-order valence-corrected chi connectivity index (χ0v) is 12.1. The second-order valence-corrected chi connectivity index (χ2v) is 5.45. The molecule has 2 rings (SSSR count). The van der Waals surface area contributed by atoms with E-state index in [9.17, 15) is 0 Å². The Bertz CT molecular complexity index is 144. The van der Waals surface area contributed by atoms with Crippen LogP contribution >= 0.6 is 0 Å². The van der Waals surface area contributed by atoms with E-state index in [0.29, 0.717) is 0 Å². The SMILES string of the molecule is CC.CC(C)C.CC1CC2(CNCCO2)C1. The van der Waals surface area contributed by atoms with Crippen LogP contribution in [0.1, 0.15) is 54.4 Å². The molecule has 0 atom stereocenters. The number of rotatable bonds is 0. The van der Waals surface area contributed by atoms with E-state index < -0.39 is 0 Å². The molecule has 1 aliphatic carbocycles. The summed E-state index contributed by atoms with van der Waals surface area (Å²) < 4.78 is 5.71. The fraction of sp³-hybridized carbons (Fsp3) is 1.00. The maximum Gasteiger partial charge on any atom is 0.0812 e. The van der Waals surface area contributed by atoms with Crippen LogP contribution in [0.15, 0.2) is 0 Å². The molecule has 2 fully saturated rings. The molecular formula is C14H31NO. The van der Waals surface area contributed by atoms with Crippen molar-refractivity contribution in [2.45, 2.75) is 60.0 Å². The van der Waals surface area contributed by atoms with E-state index in [1.807, 2.05) is 13.8 Å². The van der Waals surface area contributed by atoms with Crippen molar-refractivity contribution < 1.29 is 4.74 Å². The Kier molecular flexibility index (Phi) is 8.04. The highest BCUT2D eigenvalue weighted by molar-refractivity contribution is 4.97. The summed E-state index contributed by atoms with van der Waals surface area (Å²) in [6, 6.07) is 0. The van der Waals surface area contributed by atoms with Crippen LogP contribution in [0.25, 0.3) is 0 Å². The lowest BCUT2D eigenvalue weighted by Crippen LogP contribution is -2.56. The van der Waals surface area contributed by atoms with Gasteiger partial charge in [0, 0.05) is 13.1 Å². The fourth-order valence-electron chi connectivity index (χ4n) is 2.18. The van der Waals surface area contributed by atoms with Gasteiger partial charge in [0.05, 0.1) is 12.2 Å². The predicted molar refractivity (Wildman–Crippen MR) is 71.8 cm³/mol. The molecule has 98 valence electrons. The molecule has 1 spiro atoms. The summed E-state index contributed by atoms with van der Waals surface area (Å²) in [5, 5.41) is 3.37. The summed E-state index contributed by atoms with van der Waals surface area (Å²) in [5.41, 5.74) is 0.262. The molecular weight excluding hydrogens is 198 g/mol. The number of hydrogen-bond donors (Lipinski definition) is 1. The fourth-order valence-corrected chi connectivity index (χ4v) is 2.18. The lowest BCUT2D eigenvalue weighted by atomic mass is 9.71. The van der Waals surface area contributed by atoms with Crippen LogP contribution in [0, 0.1) is 11.8 Å². The summed E-state index contributed by atoms with van der Waals surface area (Å²) in [6.07, 6.45) is 2.53. The van der Waals surface area contributed by atoms with Gasteiger partial charge in [-0.2, -0.15) is 0 Å². The Morgan fingerprint density at radius 1 is 1.19 bits per heavy atom. The molecule has 1 heterocycles. The summed E-state index contributed by atoms with van der Waals surface area (Å²) >= 11 is 0. The summed E-state index contributed by atoms with van der Waals surface area (Å²) in [6.45, 7) is 15.8. The summed E-state index contributed by atoms with van der Waals surface area (Å²) in [4.78, 5) is 0. The average molecular weight is 229 g/mol. The molecule has 2 nitrogen and oxygen atoms in total. The molecule has 1 aliphatic heterocycles. The minimum Gasteiger partial charge on any atom is -0.372 e. The first-order chi connectivity index (χ1) is 7.54. The van der Waals surface area contributed by atoms with Crippen molar-refractivity contribution in [1.82, 2.24) is 5.32 Å². The molecule has 2 aliphatic rings. The topological polar surface area (TPSA) is 21.3 Å². The highest BCUT2D eigenvalue weighted by atomic mass is 16.5. The van der Waals surface area contributed by atoms with Crippen LogP contribution in [0.4, 0.5) is 0 Å². The molecule has 1 N–H and O–H groups in total. The van der Waals surface area contributed by atoms with Crippen molar-refractivity contribution >= 4 is 0 Å². The Hall–Kier alpha value is -0.0800. The van der Waals surface area contributed by atoms with Gasteiger partial charge >= 0.3 is 0 Å². The third-order valence-electron chi connectivity index (χ3n) is 2.58. The molecule has 2 heteroatoms. The Morgan fingerprint density at radius 2 is 1.69 bits per heavy atom. The maximum atomic E-state index is 5.71. The van der Waals surface area contributed by atoms with Gasteiger partial charge in [-0.25, -0.2) is 0 Å². The van der Waals surface area contributed by atoms with Gasteiger partial charge in [-0.3, -0.25) is 0 Å². The average Bonchev–Trinajstić information content (AvgIpc) is 2.19. The lowest BCUT2D eigenvalue weighted by Gasteiger charge is -2.48. The molecule has 0 aromatic heterocycles. The van der Waals surface area contributed by atoms with Gasteiger partial charge < -0.3 is 10.1 Å². The maximum absolute atomic E-state index is 5.71. The van der Waals surface area contributed by atoms with Gasteiger partial charge in [0.1, 0.15) is 0 Å². The zero-order chi connectivity index (χ0) is 12.6. The smallest absolute Gasteiger partial charge is 0.0812 e. The van der Waals surface area contributed by atoms with Crippen molar-refractivity contribution in [3.8, 4) is 0 Å². The van der Waals surface area contributed by atoms with E-state index in [2.05, 4.69) is 33.0 Å².